The zero-order valence-electron chi connectivity index (χ0n) is 10.1. The lowest BCUT2D eigenvalue weighted by molar-refractivity contribution is 0.522. The van der Waals surface area contributed by atoms with E-state index >= 15 is 0 Å². The van der Waals surface area contributed by atoms with Gasteiger partial charge in [-0.2, -0.15) is 0 Å². The number of imidazole rings is 1. The molecule has 0 amide bonds. The molecule has 2 nitrogen and oxygen atoms in total. The highest BCUT2D eigenvalue weighted by Crippen LogP contribution is 2.20. The van der Waals surface area contributed by atoms with Gasteiger partial charge in [0.05, 0.1) is 5.69 Å². The predicted molar refractivity (Wildman–Crippen MR) is 72.7 cm³/mol. The Bertz CT molecular complexity index is 452. The predicted octanol–water partition coefficient (Wildman–Crippen LogP) is 3.53. The lowest BCUT2D eigenvalue weighted by Crippen LogP contribution is -2.08. The maximum Gasteiger partial charge on any atom is 0.109 e. The molecular formula is C15H18N2. The van der Waals surface area contributed by atoms with Gasteiger partial charge in [0.25, 0.3) is 0 Å². The van der Waals surface area contributed by atoms with E-state index in [-0.39, 0.29) is 0 Å². The van der Waals surface area contributed by atoms with Gasteiger partial charge in [0.2, 0.25) is 0 Å². The largest absolute Gasteiger partial charge is 0.334 e. The number of rotatable bonds is 4. The second-order valence-corrected chi connectivity index (χ2v) is 4.14. The van der Waals surface area contributed by atoms with Crippen LogP contribution in [0.4, 0.5) is 0 Å². The summed E-state index contributed by atoms with van der Waals surface area (Å²) in [6.07, 6.45) is 15.2. The van der Waals surface area contributed by atoms with Gasteiger partial charge in [-0.15, -0.1) is 0 Å². The third-order valence-electron chi connectivity index (χ3n) is 2.95. The molecule has 0 aromatic carbocycles. The van der Waals surface area contributed by atoms with Gasteiger partial charge in [0, 0.05) is 24.7 Å². The molecule has 0 fully saturated rings. The standard InChI is InChI=1S/C15H18N2/c1-3-5-6-9-13(4-2)14-12-17-11-8-7-10-15(17)16-14/h3-6,9,12H,1-2,7-8,10-11H2/b6-5-,13-9+. The van der Waals surface area contributed by atoms with Crippen LogP contribution in [0.3, 0.4) is 0 Å². The molecular weight excluding hydrogens is 208 g/mol. The van der Waals surface area contributed by atoms with Gasteiger partial charge in [-0.1, -0.05) is 43.5 Å². The highest BCUT2D eigenvalue weighted by Gasteiger charge is 2.12. The van der Waals surface area contributed by atoms with Crippen LogP contribution in [0.15, 0.2) is 49.7 Å². The Labute approximate surface area is 103 Å². The average Bonchev–Trinajstić information content (AvgIpc) is 2.78. The summed E-state index contributed by atoms with van der Waals surface area (Å²) in [5.41, 5.74) is 2.08. The first-order valence-corrected chi connectivity index (χ1v) is 6.03. The first-order valence-electron chi connectivity index (χ1n) is 6.03. The van der Waals surface area contributed by atoms with Crippen molar-refractivity contribution in [1.29, 1.82) is 0 Å². The summed E-state index contributed by atoms with van der Waals surface area (Å²) >= 11 is 0. The Morgan fingerprint density at radius 2 is 2.18 bits per heavy atom. The molecule has 0 unspecified atom stereocenters. The molecule has 0 atom stereocenters. The summed E-state index contributed by atoms with van der Waals surface area (Å²) in [6, 6.07) is 0. The van der Waals surface area contributed by atoms with Crippen LogP contribution < -0.4 is 0 Å². The Morgan fingerprint density at radius 1 is 1.29 bits per heavy atom. The fraction of sp³-hybridized carbons (Fsp3) is 0.267. The Hall–Kier alpha value is -1.83. The summed E-state index contributed by atoms with van der Waals surface area (Å²) in [5, 5.41) is 0. The van der Waals surface area contributed by atoms with E-state index in [9.17, 15) is 0 Å². The molecule has 1 aromatic heterocycles. The number of hydrogen-bond acceptors (Lipinski definition) is 1. The van der Waals surface area contributed by atoms with Crippen molar-refractivity contribution >= 4 is 5.57 Å². The van der Waals surface area contributed by atoms with E-state index in [1.807, 2.05) is 24.3 Å². The van der Waals surface area contributed by atoms with Crippen LogP contribution in [0.25, 0.3) is 5.57 Å². The van der Waals surface area contributed by atoms with Crippen LogP contribution in [-0.2, 0) is 13.0 Å². The van der Waals surface area contributed by atoms with Gasteiger partial charge in [0.1, 0.15) is 5.82 Å². The van der Waals surface area contributed by atoms with Crippen LogP contribution in [-0.4, -0.2) is 9.55 Å². The lowest BCUT2D eigenvalue weighted by Gasteiger charge is -2.11. The van der Waals surface area contributed by atoms with Crippen LogP contribution in [0.1, 0.15) is 24.4 Å². The summed E-state index contributed by atoms with van der Waals surface area (Å²) in [7, 11) is 0. The molecule has 0 spiro atoms. The topological polar surface area (TPSA) is 17.8 Å². The Morgan fingerprint density at radius 3 is 2.88 bits per heavy atom. The molecule has 88 valence electrons. The number of hydrogen-bond donors (Lipinski definition) is 0. The smallest absolute Gasteiger partial charge is 0.109 e. The van der Waals surface area contributed by atoms with Gasteiger partial charge in [-0.3, -0.25) is 0 Å². The lowest BCUT2D eigenvalue weighted by atomic mass is 10.2. The zero-order valence-corrected chi connectivity index (χ0v) is 10.1. The first kappa shape index (κ1) is 11.6. The fourth-order valence-electron chi connectivity index (χ4n) is 2.05. The minimum Gasteiger partial charge on any atom is -0.334 e. The molecule has 0 saturated carbocycles. The van der Waals surface area contributed by atoms with E-state index < -0.39 is 0 Å². The van der Waals surface area contributed by atoms with Gasteiger partial charge in [-0.25, -0.2) is 4.98 Å². The summed E-state index contributed by atoms with van der Waals surface area (Å²) < 4.78 is 2.26. The third-order valence-corrected chi connectivity index (χ3v) is 2.95. The molecule has 2 heterocycles. The van der Waals surface area contributed by atoms with Crippen molar-refractivity contribution in [2.45, 2.75) is 25.8 Å². The van der Waals surface area contributed by atoms with Gasteiger partial charge < -0.3 is 4.57 Å². The summed E-state index contributed by atoms with van der Waals surface area (Å²) in [4.78, 5) is 4.66. The molecule has 1 aliphatic rings. The van der Waals surface area contributed by atoms with Crippen LogP contribution >= 0.6 is 0 Å². The maximum absolute atomic E-state index is 4.66. The van der Waals surface area contributed by atoms with E-state index in [1.165, 1.54) is 18.7 Å². The van der Waals surface area contributed by atoms with Crippen molar-refractivity contribution in [3.05, 3.63) is 61.3 Å². The van der Waals surface area contributed by atoms with E-state index in [4.69, 9.17) is 0 Å². The molecule has 2 rings (SSSR count). The quantitative estimate of drug-likeness (QED) is 0.718. The van der Waals surface area contributed by atoms with Gasteiger partial charge in [0.15, 0.2) is 0 Å². The minimum atomic E-state index is 1.02. The van der Waals surface area contributed by atoms with Crippen molar-refractivity contribution in [3.63, 3.8) is 0 Å². The molecule has 0 N–H and O–H groups in total. The number of aryl methyl sites for hydroxylation is 2. The average molecular weight is 226 g/mol. The second kappa shape index (κ2) is 5.48. The first-order chi connectivity index (χ1) is 8.35. The second-order valence-electron chi connectivity index (χ2n) is 4.14. The summed E-state index contributed by atoms with van der Waals surface area (Å²) in [6.45, 7) is 8.59. The molecule has 0 radical (unpaired) electrons. The number of allylic oxidation sites excluding steroid dienone is 6. The van der Waals surface area contributed by atoms with Gasteiger partial charge >= 0.3 is 0 Å². The molecule has 1 aliphatic heterocycles. The van der Waals surface area contributed by atoms with Crippen molar-refractivity contribution in [1.82, 2.24) is 9.55 Å². The molecule has 0 aliphatic carbocycles. The third kappa shape index (κ3) is 2.64. The zero-order chi connectivity index (χ0) is 12.1. The van der Waals surface area contributed by atoms with E-state index in [2.05, 4.69) is 28.9 Å². The van der Waals surface area contributed by atoms with Crippen molar-refractivity contribution in [3.8, 4) is 0 Å². The molecule has 0 saturated heterocycles. The SMILES string of the molecule is C=C/C=C\C=C(/C=C)c1cn2c(n1)CCCC2. The van der Waals surface area contributed by atoms with E-state index in [0.29, 0.717) is 0 Å². The van der Waals surface area contributed by atoms with Gasteiger partial charge in [-0.05, 0) is 12.8 Å². The minimum absolute atomic E-state index is 1.02. The summed E-state index contributed by atoms with van der Waals surface area (Å²) in [5.74, 6) is 1.20. The van der Waals surface area contributed by atoms with Crippen molar-refractivity contribution in [2.24, 2.45) is 0 Å². The van der Waals surface area contributed by atoms with E-state index in [1.54, 1.807) is 6.08 Å². The normalized spacial score (nSPS) is 15.9. The highest BCUT2D eigenvalue weighted by atomic mass is 15.1. The monoisotopic (exact) mass is 226 g/mol. The molecule has 17 heavy (non-hydrogen) atoms. The molecule has 1 aromatic rings. The Balaban J connectivity index is 2.28. The van der Waals surface area contributed by atoms with Crippen LogP contribution in [0.5, 0.6) is 0 Å². The van der Waals surface area contributed by atoms with E-state index in [0.717, 1.165) is 24.2 Å². The van der Waals surface area contributed by atoms with Crippen LogP contribution in [0.2, 0.25) is 0 Å². The van der Waals surface area contributed by atoms with Crippen molar-refractivity contribution < 1.29 is 0 Å². The fourth-order valence-corrected chi connectivity index (χ4v) is 2.05. The van der Waals surface area contributed by atoms with Crippen molar-refractivity contribution in [2.75, 3.05) is 0 Å². The highest BCUT2D eigenvalue weighted by molar-refractivity contribution is 5.72. The maximum atomic E-state index is 4.66. The Kier molecular flexibility index (Phi) is 3.76. The number of fused-ring (bicyclic) bond motifs is 1. The molecule has 0 bridgehead atoms. The molecule has 2 heteroatoms. The number of aromatic nitrogens is 2. The van der Waals surface area contributed by atoms with Crippen LogP contribution in [0, 0.1) is 0 Å². The number of nitrogens with zero attached hydrogens (tertiary/aromatic N) is 2.